The second kappa shape index (κ2) is 12.7. The average Bonchev–Trinajstić information content (AvgIpc) is 3.42. The Bertz CT molecular complexity index is 1920. The van der Waals surface area contributed by atoms with Crippen molar-refractivity contribution in [2.75, 3.05) is 39.6 Å². The first-order chi connectivity index (χ1) is 22.9. The van der Waals surface area contributed by atoms with Gasteiger partial charge in [0.25, 0.3) is 5.56 Å². The Balaban J connectivity index is 1.21. The van der Waals surface area contributed by atoms with Gasteiger partial charge in [-0.25, -0.2) is 14.2 Å². The van der Waals surface area contributed by atoms with Gasteiger partial charge >= 0.3 is 5.97 Å². The third-order valence-electron chi connectivity index (χ3n) is 9.42. The predicted octanol–water partition coefficient (Wildman–Crippen LogP) is 0.310. The van der Waals surface area contributed by atoms with E-state index in [-0.39, 0.29) is 75.3 Å². The number of pyridine rings is 2. The number of hydrogen-bond donors (Lipinski definition) is 4. The largest absolute Gasteiger partial charge is 0.458 e. The molecule has 2 atom stereocenters. The minimum atomic E-state index is -2.01. The minimum absolute atomic E-state index is 0.0981. The summed E-state index contributed by atoms with van der Waals surface area (Å²) in [7, 11) is 0. The number of aromatic nitrogens is 2. The van der Waals surface area contributed by atoms with Crippen LogP contribution in [0.2, 0.25) is 0 Å². The first kappa shape index (κ1) is 33.2. The smallest absolute Gasteiger partial charge is 0.342 e. The highest BCUT2D eigenvalue weighted by Crippen LogP contribution is 2.48. The van der Waals surface area contributed by atoms with E-state index in [0.29, 0.717) is 41.7 Å². The number of esters is 1. The number of carbonyl (C=O) groups is 4. The fraction of sp³-hybridized carbons (Fsp3) is 0.455. The molecule has 254 valence electrons. The number of halogens is 1. The summed E-state index contributed by atoms with van der Waals surface area (Å²) in [6.45, 7) is 5.14. The number of cyclic esters (lactones) is 1. The fourth-order valence-corrected chi connectivity index (χ4v) is 6.85. The van der Waals surface area contributed by atoms with Crippen molar-refractivity contribution in [3.8, 4) is 11.4 Å². The van der Waals surface area contributed by atoms with Gasteiger partial charge in [-0.05, 0) is 49.4 Å². The monoisotopic (exact) mass is 665 g/mol. The zero-order chi connectivity index (χ0) is 34.4. The van der Waals surface area contributed by atoms with E-state index in [0.717, 1.165) is 22.1 Å². The normalized spacial score (nSPS) is 20.4. The van der Waals surface area contributed by atoms with Crippen LogP contribution in [-0.4, -0.2) is 78.5 Å². The Kier molecular flexibility index (Phi) is 8.78. The topological polar surface area (TPSA) is 187 Å². The summed E-state index contributed by atoms with van der Waals surface area (Å²) in [5, 5.41) is 18.9. The molecule has 0 saturated heterocycles. The first-order valence-corrected chi connectivity index (χ1v) is 15.6. The molecule has 0 bridgehead atoms. The third-order valence-corrected chi connectivity index (χ3v) is 9.42. The Labute approximate surface area is 273 Å². The number of nitrogens with zero attached hydrogens (tertiary/aromatic N) is 2. The number of benzene rings is 1. The highest BCUT2D eigenvalue weighted by molar-refractivity contribution is 5.94. The molecule has 2 aliphatic heterocycles. The molecule has 48 heavy (non-hydrogen) atoms. The summed E-state index contributed by atoms with van der Waals surface area (Å²) in [6, 6.07) is 3.03. The molecule has 3 amide bonds. The summed E-state index contributed by atoms with van der Waals surface area (Å²) in [5.74, 6) is -2.18. The Morgan fingerprint density at radius 1 is 1.10 bits per heavy atom. The molecule has 3 aromatic rings. The average molecular weight is 666 g/mol. The van der Waals surface area contributed by atoms with Gasteiger partial charge in [-0.2, -0.15) is 0 Å². The molecule has 1 unspecified atom stereocenters. The molecule has 15 heteroatoms. The van der Waals surface area contributed by atoms with Gasteiger partial charge in [0, 0.05) is 28.0 Å². The number of ether oxygens (including phenoxy) is 3. The molecular weight excluding hydrogens is 629 g/mol. The lowest BCUT2D eigenvalue weighted by molar-refractivity contribution is -0.169. The second-order valence-corrected chi connectivity index (χ2v) is 12.7. The Morgan fingerprint density at radius 2 is 1.85 bits per heavy atom. The summed E-state index contributed by atoms with van der Waals surface area (Å²) in [4.78, 5) is 64.6. The highest BCUT2D eigenvalue weighted by Gasteiger charge is 2.45. The van der Waals surface area contributed by atoms with Crippen LogP contribution in [0.25, 0.3) is 22.3 Å². The van der Waals surface area contributed by atoms with Crippen LogP contribution in [0.4, 0.5) is 4.39 Å². The molecule has 6 rings (SSSR count). The van der Waals surface area contributed by atoms with E-state index in [4.69, 9.17) is 19.2 Å². The van der Waals surface area contributed by atoms with Gasteiger partial charge in [0.1, 0.15) is 19.2 Å². The van der Waals surface area contributed by atoms with Gasteiger partial charge in [-0.3, -0.25) is 19.2 Å². The fourth-order valence-electron chi connectivity index (χ4n) is 6.85. The number of aryl methyl sites for hydroxylation is 1. The quantitative estimate of drug-likeness (QED) is 0.0710. The van der Waals surface area contributed by atoms with Crippen LogP contribution in [-0.2, 0) is 64.0 Å². The summed E-state index contributed by atoms with van der Waals surface area (Å²) in [6.07, 6.45) is 1.62. The molecule has 4 N–H and O–H groups in total. The predicted molar refractivity (Wildman–Crippen MR) is 167 cm³/mol. The molecule has 1 aliphatic carbocycles. The van der Waals surface area contributed by atoms with Gasteiger partial charge in [-0.15, -0.1) is 0 Å². The van der Waals surface area contributed by atoms with E-state index in [2.05, 4.69) is 22.9 Å². The van der Waals surface area contributed by atoms with E-state index in [1.165, 1.54) is 13.0 Å². The van der Waals surface area contributed by atoms with Gasteiger partial charge in [0.05, 0.1) is 61.9 Å². The van der Waals surface area contributed by atoms with E-state index >= 15 is 4.39 Å². The maximum atomic E-state index is 15.2. The summed E-state index contributed by atoms with van der Waals surface area (Å²) < 4.78 is 33.4. The van der Waals surface area contributed by atoms with E-state index in [1.807, 2.05) is 0 Å². The molecule has 1 aromatic carbocycles. The summed E-state index contributed by atoms with van der Waals surface area (Å²) in [5.41, 5.74) is 1.96. The number of hydrogen-bond acceptors (Lipinski definition) is 10. The van der Waals surface area contributed by atoms with Crippen LogP contribution in [0.1, 0.15) is 53.6 Å². The van der Waals surface area contributed by atoms with Crippen LogP contribution >= 0.6 is 0 Å². The van der Waals surface area contributed by atoms with Crippen molar-refractivity contribution in [2.24, 2.45) is 0 Å². The number of carbonyl (C=O) groups excluding carboxylic acids is 4. The van der Waals surface area contributed by atoms with E-state index in [9.17, 15) is 29.1 Å². The molecule has 0 fully saturated rings. The van der Waals surface area contributed by atoms with Gasteiger partial charge < -0.3 is 39.8 Å². The molecule has 4 heterocycles. The third kappa shape index (κ3) is 5.71. The summed E-state index contributed by atoms with van der Waals surface area (Å²) >= 11 is 0. The zero-order valence-electron chi connectivity index (χ0n) is 26.8. The molecule has 0 radical (unpaired) electrons. The standard InChI is InChI=1S/C33H36FN5O9/c1-17-18-4-5-32(2,14-46-6-7-47-16-37-26(42)11-36-25(41)10-35-15-40)28-19-12-39-24(29(19)38-23(27(18)28)9-22(17)34)8-21-20(30(39)43)13-48-31(44)33(21,3)45/h8-9,15,45H,4-7,10-14,16H2,1-3H3,(H,35,40)(H,36,41)(H,37,42)/t32-,33?/m1/s1. The molecular formula is C33H36FN5O9. The molecule has 0 saturated carbocycles. The van der Waals surface area contributed by atoms with Crippen LogP contribution in [0, 0.1) is 12.7 Å². The van der Waals surface area contributed by atoms with Gasteiger partial charge in [-0.1, -0.05) is 6.92 Å². The van der Waals surface area contributed by atoms with E-state index < -0.39 is 28.8 Å². The van der Waals surface area contributed by atoms with Gasteiger partial charge in [0.15, 0.2) is 5.60 Å². The van der Waals surface area contributed by atoms with Gasteiger partial charge in [0.2, 0.25) is 18.2 Å². The maximum absolute atomic E-state index is 15.2. The second-order valence-electron chi connectivity index (χ2n) is 12.7. The Morgan fingerprint density at radius 3 is 2.62 bits per heavy atom. The number of fused-ring (bicyclic) bond motifs is 5. The lowest BCUT2D eigenvalue weighted by atomic mass is 9.69. The Hall–Kier alpha value is -4.73. The first-order valence-electron chi connectivity index (χ1n) is 15.6. The number of rotatable bonds is 12. The SMILES string of the molecule is Cc1c(F)cc2nc3c(c4c2c1CC[C@]4(C)COCCOCNC(=O)CNC(=O)CNC=O)Cn1c-3cc2c(c1=O)COC(=O)C2(C)O. The highest BCUT2D eigenvalue weighted by atomic mass is 19.1. The van der Waals surface area contributed by atoms with Crippen LogP contribution in [0.15, 0.2) is 16.9 Å². The number of aliphatic hydroxyl groups is 1. The number of amides is 3. The van der Waals surface area contributed by atoms with Crippen LogP contribution in [0.5, 0.6) is 0 Å². The van der Waals surface area contributed by atoms with Crippen molar-refractivity contribution in [1.29, 1.82) is 0 Å². The van der Waals surface area contributed by atoms with Crippen molar-refractivity contribution in [1.82, 2.24) is 25.5 Å². The number of nitrogens with one attached hydrogen (secondary N) is 3. The van der Waals surface area contributed by atoms with Crippen LogP contribution in [0.3, 0.4) is 0 Å². The minimum Gasteiger partial charge on any atom is -0.458 e. The lowest BCUT2D eigenvalue weighted by Gasteiger charge is -2.37. The molecule has 3 aliphatic rings. The zero-order valence-corrected chi connectivity index (χ0v) is 26.8. The van der Waals surface area contributed by atoms with Crippen molar-refractivity contribution in [2.45, 2.75) is 57.8 Å². The van der Waals surface area contributed by atoms with Crippen molar-refractivity contribution >= 4 is 35.1 Å². The molecule has 2 aromatic heterocycles. The molecule has 14 nitrogen and oxygen atoms in total. The molecule has 0 spiro atoms. The lowest BCUT2D eigenvalue weighted by Crippen LogP contribution is -2.42. The van der Waals surface area contributed by atoms with Crippen molar-refractivity contribution in [3.63, 3.8) is 0 Å². The maximum Gasteiger partial charge on any atom is 0.342 e. The van der Waals surface area contributed by atoms with Crippen molar-refractivity contribution < 1.29 is 42.9 Å². The van der Waals surface area contributed by atoms with E-state index in [1.54, 1.807) is 17.6 Å². The van der Waals surface area contributed by atoms with Crippen LogP contribution < -0.4 is 21.5 Å². The van der Waals surface area contributed by atoms with Crippen molar-refractivity contribution in [3.05, 3.63) is 61.7 Å².